The molecule has 4 nitrogen and oxygen atoms in total. The Hall–Kier alpha value is -1.16. The second-order valence-electron chi connectivity index (χ2n) is 4.24. The minimum Gasteiger partial charge on any atom is -0.381 e. The third kappa shape index (κ3) is 2.50. The summed E-state index contributed by atoms with van der Waals surface area (Å²) in [6, 6.07) is 0. The molecule has 88 valence electrons. The van der Waals surface area contributed by atoms with E-state index in [-0.39, 0.29) is 11.7 Å². The zero-order valence-electron chi connectivity index (χ0n) is 9.69. The van der Waals surface area contributed by atoms with Crippen molar-refractivity contribution in [2.45, 2.75) is 32.7 Å². The first kappa shape index (κ1) is 11.3. The maximum absolute atomic E-state index is 11.9. The van der Waals surface area contributed by atoms with Crippen molar-refractivity contribution in [2.24, 2.45) is 5.92 Å². The molecule has 1 aromatic rings. The van der Waals surface area contributed by atoms with E-state index in [1.54, 1.807) is 6.20 Å². The van der Waals surface area contributed by atoms with Crippen LogP contribution in [0.25, 0.3) is 0 Å². The van der Waals surface area contributed by atoms with E-state index < -0.39 is 0 Å². The summed E-state index contributed by atoms with van der Waals surface area (Å²) in [6.07, 6.45) is 6.08. The van der Waals surface area contributed by atoms with E-state index in [4.69, 9.17) is 4.74 Å². The second kappa shape index (κ2) is 5.25. The molecule has 0 aliphatic carbocycles. The third-order valence-corrected chi connectivity index (χ3v) is 2.98. The molecule has 0 aromatic carbocycles. The van der Waals surface area contributed by atoms with Crippen molar-refractivity contribution in [3.63, 3.8) is 0 Å². The lowest BCUT2D eigenvalue weighted by Gasteiger charge is -2.08. The van der Waals surface area contributed by atoms with Crippen LogP contribution in [0.5, 0.6) is 0 Å². The lowest BCUT2D eigenvalue weighted by atomic mass is 10.0. The molecule has 1 unspecified atom stereocenters. The predicted octanol–water partition coefficient (Wildman–Crippen LogP) is 1.44. The molecule has 1 atom stereocenters. The first-order valence-corrected chi connectivity index (χ1v) is 5.91. The van der Waals surface area contributed by atoms with Crippen LogP contribution >= 0.6 is 0 Å². The van der Waals surface area contributed by atoms with Crippen LogP contribution in [0.4, 0.5) is 0 Å². The van der Waals surface area contributed by atoms with Gasteiger partial charge in [0.15, 0.2) is 0 Å². The van der Waals surface area contributed by atoms with E-state index in [9.17, 15) is 4.79 Å². The standard InChI is InChI=1S/C12H18N2O2/c1-2-5-14-6-4-13-12(14)8-11(15)10-3-7-16-9-10/h4,6,10H,2-3,5,7-9H2,1H3. The molecule has 1 saturated heterocycles. The Bertz CT molecular complexity index is 354. The van der Waals surface area contributed by atoms with Crippen LogP contribution in [-0.2, 0) is 22.5 Å². The first-order chi connectivity index (χ1) is 7.81. The third-order valence-electron chi connectivity index (χ3n) is 2.98. The van der Waals surface area contributed by atoms with Gasteiger partial charge < -0.3 is 9.30 Å². The summed E-state index contributed by atoms with van der Waals surface area (Å²) in [6.45, 7) is 4.37. The zero-order chi connectivity index (χ0) is 11.4. The summed E-state index contributed by atoms with van der Waals surface area (Å²) >= 11 is 0. The molecule has 0 spiro atoms. The average molecular weight is 222 g/mol. The van der Waals surface area contributed by atoms with E-state index >= 15 is 0 Å². The molecular formula is C12H18N2O2. The van der Waals surface area contributed by atoms with Gasteiger partial charge in [-0.1, -0.05) is 6.92 Å². The molecule has 2 rings (SSSR count). The predicted molar refractivity (Wildman–Crippen MR) is 60.2 cm³/mol. The number of imidazole rings is 1. The summed E-state index contributed by atoms with van der Waals surface area (Å²) in [4.78, 5) is 16.2. The lowest BCUT2D eigenvalue weighted by Crippen LogP contribution is -2.19. The molecule has 1 aliphatic heterocycles. The van der Waals surface area contributed by atoms with Gasteiger partial charge in [-0.25, -0.2) is 4.98 Å². The van der Waals surface area contributed by atoms with Crippen LogP contribution in [-0.4, -0.2) is 28.5 Å². The number of hydrogen-bond acceptors (Lipinski definition) is 3. The summed E-state index contributed by atoms with van der Waals surface area (Å²) in [7, 11) is 0. The van der Waals surface area contributed by atoms with Gasteiger partial charge in [-0.3, -0.25) is 4.79 Å². The van der Waals surface area contributed by atoms with Gasteiger partial charge in [0.1, 0.15) is 11.6 Å². The van der Waals surface area contributed by atoms with Crippen LogP contribution in [0, 0.1) is 5.92 Å². The van der Waals surface area contributed by atoms with Crippen molar-refractivity contribution in [1.29, 1.82) is 0 Å². The van der Waals surface area contributed by atoms with Gasteiger partial charge in [-0.05, 0) is 12.8 Å². The molecular weight excluding hydrogens is 204 g/mol. The smallest absolute Gasteiger partial charge is 0.145 e. The van der Waals surface area contributed by atoms with Crippen LogP contribution in [0.2, 0.25) is 0 Å². The Kier molecular flexibility index (Phi) is 3.72. The number of ketones is 1. The van der Waals surface area contributed by atoms with Crippen molar-refractivity contribution >= 4 is 5.78 Å². The molecule has 0 radical (unpaired) electrons. The summed E-state index contributed by atoms with van der Waals surface area (Å²) in [5, 5.41) is 0. The topological polar surface area (TPSA) is 44.1 Å². The number of Topliss-reactive ketones (excluding diaryl/α,β-unsaturated/α-hetero) is 1. The highest BCUT2D eigenvalue weighted by Crippen LogP contribution is 2.15. The number of carbonyl (C=O) groups excluding carboxylic acids is 1. The van der Waals surface area contributed by atoms with Crippen LogP contribution < -0.4 is 0 Å². The SMILES string of the molecule is CCCn1ccnc1CC(=O)C1CCOC1. The fourth-order valence-electron chi connectivity index (χ4n) is 2.04. The van der Waals surface area contributed by atoms with Gasteiger partial charge in [0.25, 0.3) is 0 Å². The molecule has 0 bridgehead atoms. The second-order valence-corrected chi connectivity index (χ2v) is 4.24. The van der Waals surface area contributed by atoms with Crippen molar-refractivity contribution in [1.82, 2.24) is 9.55 Å². The van der Waals surface area contributed by atoms with Crippen LogP contribution in [0.1, 0.15) is 25.6 Å². The fraction of sp³-hybridized carbons (Fsp3) is 0.667. The fourth-order valence-corrected chi connectivity index (χ4v) is 2.04. The van der Waals surface area contributed by atoms with Gasteiger partial charge >= 0.3 is 0 Å². The number of hydrogen-bond donors (Lipinski definition) is 0. The Balaban J connectivity index is 1.96. The van der Waals surface area contributed by atoms with Gasteiger partial charge in [0, 0.05) is 31.5 Å². The summed E-state index contributed by atoms with van der Waals surface area (Å²) < 4.78 is 7.29. The molecule has 1 aliphatic rings. The van der Waals surface area contributed by atoms with Crippen molar-refractivity contribution in [2.75, 3.05) is 13.2 Å². The van der Waals surface area contributed by atoms with E-state index in [0.29, 0.717) is 13.0 Å². The minimum atomic E-state index is 0.0896. The highest BCUT2D eigenvalue weighted by molar-refractivity contribution is 5.82. The van der Waals surface area contributed by atoms with Gasteiger partial charge in [0.05, 0.1) is 13.0 Å². The van der Waals surface area contributed by atoms with Crippen LogP contribution in [0.15, 0.2) is 12.4 Å². The molecule has 2 heterocycles. The Morgan fingerprint density at radius 2 is 2.56 bits per heavy atom. The zero-order valence-corrected chi connectivity index (χ0v) is 9.69. The number of ether oxygens (including phenoxy) is 1. The molecule has 1 fully saturated rings. The number of aryl methyl sites for hydroxylation is 1. The summed E-state index contributed by atoms with van der Waals surface area (Å²) in [5.74, 6) is 1.24. The van der Waals surface area contributed by atoms with Crippen molar-refractivity contribution < 1.29 is 9.53 Å². The van der Waals surface area contributed by atoms with Gasteiger partial charge in [0.2, 0.25) is 0 Å². The van der Waals surface area contributed by atoms with E-state index in [1.165, 1.54) is 0 Å². The van der Waals surface area contributed by atoms with E-state index in [1.807, 2.05) is 6.20 Å². The quantitative estimate of drug-likeness (QED) is 0.757. The highest BCUT2D eigenvalue weighted by atomic mass is 16.5. The Morgan fingerprint density at radius 3 is 3.25 bits per heavy atom. The molecule has 1 aromatic heterocycles. The Labute approximate surface area is 95.6 Å². The molecule has 4 heteroatoms. The normalized spacial score (nSPS) is 20.2. The largest absolute Gasteiger partial charge is 0.381 e. The van der Waals surface area contributed by atoms with Gasteiger partial charge in [-0.15, -0.1) is 0 Å². The number of carbonyl (C=O) groups is 1. The number of rotatable bonds is 5. The van der Waals surface area contributed by atoms with E-state index in [2.05, 4.69) is 16.5 Å². The molecule has 0 saturated carbocycles. The molecule has 16 heavy (non-hydrogen) atoms. The Morgan fingerprint density at radius 1 is 1.69 bits per heavy atom. The number of aromatic nitrogens is 2. The van der Waals surface area contributed by atoms with Crippen LogP contribution in [0.3, 0.4) is 0 Å². The van der Waals surface area contributed by atoms with Crippen molar-refractivity contribution in [3.05, 3.63) is 18.2 Å². The summed E-state index contributed by atoms with van der Waals surface area (Å²) in [5.41, 5.74) is 0. The first-order valence-electron chi connectivity index (χ1n) is 5.91. The number of nitrogens with zero attached hydrogens (tertiary/aromatic N) is 2. The maximum Gasteiger partial charge on any atom is 0.145 e. The van der Waals surface area contributed by atoms with Gasteiger partial charge in [-0.2, -0.15) is 0 Å². The van der Waals surface area contributed by atoms with E-state index in [0.717, 1.165) is 31.8 Å². The molecule has 0 amide bonds. The van der Waals surface area contributed by atoms with Crippen molar-refractivity contribution in [3.8, 4) is 0 Å². The molecule has 0 N–H and O–H groups in total. The average Bonchev–Trinajstić information content (AvgIpc) is 2.90. The lowest BCUT2D eigenvalue weighted by molar-refractivity contribution is -0.122. The highest BCUT2D eigenvalue weighted by Gasteiger charge is 2.24. The maximum atomic E-state index is 11.9. The monoisotopic (exact) mass is 222 g/mol. The minimum absolute atomic E-state index is 0.0896.